The van der Waals surface area contributed by atoms with Gasteiger partial charge in [-0.2, -0.15) is 0 Å². The lowest BCUT2D eigenvalue weighted by Crippen LogP contribution is -2.36. The Balaban J connectivity index is 2.18. The Labute approximate surface area is 154 Å². The average molecular weight is 365 g/mol. The third-order valence-corrected chi connectivity index (χ3v) is 6.11. The predicted octanol–water partition coefficient (Wildman–Crippen LogP) is 4.47. The fourth-order valence-electron chi connectivity index (χ4n) is 3.31. The van der Waals surface area contributed by atoms with Crippen molar-refractivity contribution in [2.24, 2.45) is 11.8 Å². The van der Waals surface area contributed by atoms with E-state index in [4.69, 9.17) is 9.47 Å². The van der Waals surface area contributed by atoms with Gasteiger partial charge in [-0.1, -0.05) is 38.5 Å². The van der Waals surface area contributed by atoms with Crippen molar-refractivity contribution >= 4 is 23.7 Å². The third-order valence-electron chi connectivity index (χ3n) is 4.79. The van der Waals surface area contributed by atoms with Crippen LogP contribution in [-0.4, -0.2) is 29.9 Å². The van der Waals surface area contributed by atoms with E-state index in [0.29, 0.717) is 5.92 Å². The fourth-order valence-corrected chi connectivity index (χ4v) is 4.61. The highest BCUT2D eigenvalue weighted by Crippen LogP contribution is 2.46. The van der Waals surface area contributed by atoms with E-state index in [1.807, 2.05) is 37.3 Å². The van der Waals surface area contributed by atoms with Gasteiger partial charge in [-0.3, -0.25) is 9.59 Å². The zero-order valence-corrected chi connectivity index (χ0v) is 16.3. The molecule has 0 bridgehead atoms. The first-order chi connectivity index (χ1) is 11.9. The number of carbonyl (C=O) groups excluding carboxylic acids is 2. The van der Waals surface area contributed by atoms with Crippen molar-refractivity contribution in [2.45, 2.75) is 62.2 Å². The maximum Gasteiger partial charge on any atom is 0.320 e. The van der Waals surface area contributed by atoms with Gasteiger partial charge in [0, 0.05) is 10.8 Å². The Kier molecular flexibility index (Phi) is 6.94. The molecule has 1 fully saturated rings. The van der Waals surface area contributed by atoms with E-state index < -0.39 is 5.60 Å². The van der Waals surface area contributed by atoms with Crippen LogP contribution in [0.3, 0.4) is 0 Å². The molecule has 0 spiro atoms. The first-order valence-corrected chi connectivity index (χ1v) is 9.75. The SMILES string of the molecule is COC(=O)C[C@@H]1[C@@H](Sc2ccccc2)C(=O)O[C@@]1(C)CCCC(C)C. The quantitative estimate of drug-likeness (QED) is 0.637. The second kappa shape index (κ2) is 8.75. The number of ether oxygens (including phenoxy) is 2. The van der Waals surface area contributed by atoms with Crippen LogP contribution in [-0.2, 0) is 19.1 Å². The van der Waals surface area contributed by atoms with Gasteiger partial charge in [-0.25, -0.2) is 0 Å². The molecule has 0 radical (unpaired) electrons. The smallest absolute Gasteiger partial charge is 0.320 e. The lowest BCUT2D eigenvalue weighted by Gasteiger charge is -2.30. The topological polar surface area (TPSA) is 52.6 Å². The second-order valence-corrected chi connectivity index (χ2v) is 8.47. The molecular formula is C20H28O4S. The molecule has 5 heteroatoms. The molecule has 1 aromatic carbocycles. The number of esters is 2. The summed E-state index contributed by atoms with van der Waals surface area (Å²) in [6, 6.07) is 9.78. The molecule has 138 valence electrons. The van der Waals surface area contributed by atoms with Gasteiger partial charge >= 0.3 is 11.9 Å². The number of benzene rings is 1. The highest BCUT2D eigenvalue weighted by atomic mass is 32.2. The molecule has 3 atom stereocenters. The van der Waals surface area contributed by atoms with Gasteiger partial charge in [0.05, 0.1) is 13.5 Å². The van der Waals surface area contributed by atoms with Crippen LogP contribution in [0, 0.1) is 11.8 Å². The van der Waals surface area contributed by atoms with E-state index in [1.54, 1.807) is 0 Å². The van der Waals surface area contributed by atoms with E-state index in [0.717, 1.165) is 24.2 Å². The highest BCUT2D eigenvalue weighted by Gasteiger charge is 2.53. The summed E-state index contributed by atoms with van der Waals surface area (Å²) in [5, 5.41) is -0.384. The van der Waals surface area contributed by atoms with Crippen molar-refractivity contribution in [1.82, 2.24) is 0 Å². The Morgan fingerprint density at radius 1 is 1.32 bits per heavy atom. The third kappa shape index (κ3) is 5.24. The monoisotopic (exact) mass is 364 g/mol. The van der Waals surface area contributed by atoms with Crippen molar-refractivity contribution in [3.05, 3.63) is 30.3 Å². The van der Waals surface area contributed by atoms with E-state index >= 15 is 0 Å². The van der Waals surface area contributed by atoms with E-state index in [-0.39, 0.29) is 29.5 Å². The van der Waals surface area contributed by atoms with E-state index in [9.17, 15) is 9.59 Å². The maximum absolute atomic E-state index is 12.6. The number of cyclic esters (lactones) is 1. The summed E-state index contributed by atoms with van der Waals surface area (Å²) in [6.07, 6.45) is 3.02. The highest BCUT2D eigenvalue weighted by molar-refractivity contribution is 8.00. The van der Waals surface area contributed by atoms with Crippen LogP contribution in [0.4, 0.5) is 0 Å². The summed E-state index contributed by atoms with van der Waals surface area (Å²) in [7, 11) is 1.38. The van der Waals surface area contributed by atoms with Crippen LogP contribution in [0.25, 0.3) is 0 Å². The van der Waals surface area contributed by atoms with Gasteiger partial charge in [0.1, 0.15) is 10.9 Å². The number of rotatable bonds is 8. The van der Waals surface area contributed by atoms with Gasteiger partial charge < -0.3 is 9.47 Å². The van der Waals surface area contributed by atoms with Crippen molar-refractivity contribution < 1.29 is 19.1 Å². The van der Waals surface area contributed by atoms with Crippen LogP contribution < -0.4 is 0 Å². The van der Waals surface area contributed by atoms with Crippen LogP contribution in [0.5, 0.6) is 0 Å². The lowest BCUT2D eigenvalue weighted by atomic mass is 9.82. The first-order valence-electron chi connectivity index (χ1n) is 8.87. The molecule has 0 aromatic heterocycles. The van der Waals surface area contributed by atoms with Gasteiger partial charge in [0.2, 0.25) is 0 Å². The molecular weight excluding hydrogens is 336 g/mol. The molecule has 0 aliphatic carbocycles. The molecule has 0 unspecified atom stereocenters. The van der Waals surface area contributed by atoms with Crippen LogP contribution in [0.15, 0.2) is 35.2 Å². The molecule has 2 rings (SSSR count). The summed E-state index contributed by atoms with van der Waals surface area (Å²) >= 11 is 1.48. The Bertz CT molecular complexity index is 587. The number of methoxy groups -OCH3 is 1. The summed E-state index contributed by atoms with van der Waals surface area (Å²) in [4.78, 5) is 25.5. The lowest BCUT2D eigenvalue weighted by molar-refractivity contribution is -0.151. The fraction of sp³-hybridized carbons (Fsp3) is 0.600. The molecule has 1 heterocycles. The zero-order valence-electron chi connectivity index (χ0n) is 15.5. The van der Waals surface area contributed by atoms with Crippen LogP contribution in [0.1, 0.15) is 46.5 Å². The van der Waals surface area contributed by atoms with Crippen molar-refractivity contribution in [3.63, 3.8) is 0 Å². The summed E-state index contributed by atoms with van der Waals surface area (Å²) in [6.45, 7) is 6.33. The normalized spacial score (nSPS) is 25.9. The molecule has 25 heavy (non-hydrogen) atoms. The Morgan fingerprint density at radius 3 is 2.60 bits per heavy atom. The second-order valence-electron chi connectivity index (χ2n) is 7.26. The number of hydrogen-bond donors (Lipinski definition) is 0. The van der Waals surface area contributed by atoms with Crippen molar-refractivity contribution in [3.8, 4) is 0 Å². The molecule has 1 aliphatic heterocycles. The molecule has 0 saturated carbocycles. The van der Waals surface area contributed by atoms with Crippen LogP contribution >= 0.6 is 11.8 Å². The largest absolute Gasteiger partial charge is 0.469 e. The molecule has 0 N–H and O–H groups in total. The first kappa shape index (κ1) is 19.8. The minimum absolute atomic E-state index is 0.190. The average Bonchev–Trinajstić information content (AvgIpc) is 2.79. The molecule has 0 amide bonds. The standard InChI is InChI=1S/C20H28O4S/c1-14(2)9-8-12-20(3)16(13-17(21)23-4)18(19(22)24-20)25-15-10-6-5-7-11-15/h5-7,10-11,14,16,18H,8-9,12-13H2,1-4H3/t16-,18-,20+/m1/s1. The zero-order chi connectivity index (χ0) is 18.4. The van der Waals surface area contributed by atoms with Crippen molar-refractivity contribution in [1.29, 1.82) is 0 Å². The van der Waals surface area contributed by atoms with Gasteiger partial charge in [-0.05, 0) is 37.8 Å². The van der Waals surface area contributed by atoms with Crippen LogP contribution in [0.2, 0.25) is 0 Å². The number of hydrogen-bond acceptors (Lipinski definition) is 5. The summed E-state index contributed by atoms with van der Waals surface area (Å²) in [5.41, 5.74) is -0.618. The van der Waals surface area contributed by atoms with Gasteiger partial charge in [0.25, 0.3) is 0 Å². The number of carbonyl (C=O) groups is 2. The van der Waals surface area contributed by atoms with E-state index in [1.165, 1.54) is 18.9 Å². The Morgan fingerprint density at radius 2 is 2.00 bits per heavy atom. The summed E-state index contributed by atoms with van der Waals surface area (Å²) in [5.74, 6) is -0.106. The minimum Gasteiger partial charge on any atom is -0.469 e. The molecule has 4 nitrogen and oxygen atoms in total. The van der Waals surface area contributed by atoms with Crippen molar-refractivity contribution in [2.75, 3.05) is 7.11 Å². The molecule has 1 aromatic rings. The Hall–Kier alpha value is -1.49. The van der Waals surface area contributed by atoms with Gasteiger partial charge in [-0.15, -0.1) is 11.8 Å². The minimum atomic E-state index is -0.618. The predicted molar refractivity (Wildman–Crippen MR) is 99.4 cm³/mol. The molecule has 1 aliphatic rings. The maximum atomic E-state index is 12.6. The molecule has 1 saturated heterocycles. The summed E-state index contributed by atoms with van der Waals surface area (Å²) < 4.78 is 10.7. The van der Waals surface area contributed by atoms with E-state index in [2.05, 4.69) is 13.8 Å². The van der Waals surface area contributed by atoms with Gasteiger partial charge in [0.15, 0.2) is 0 Å². The number of thioether (sulfide) groups is 1.